The summed E-state index contributed by atoms with van der Waals surface area (Å²) in [6.45, 7) is 4.40. The largest absolute Gasteiger partial charge is 0.318 e. The average molecular weight is 292 g/mol. The number of thiophene rings is 1. The molecule has 1 aromatic heterocycles. The molecule has 1 amide bonds. The smallest absolute Gasteiger partial charge is 0.241 e. The summed E-state index contributed by atoms with van der Waals surface area (Å²) in [6, 6.07) is 4.60. The van der Waals surface area contributed by atoms with Gasteiger partial charge in [0.2, 0.25) is 5.91 Å². The monoisotopic (exact) mass is 292 g/mol. The van der Waals surface area contributed by atoms with E-state index in [0.717, 1.165) is 19.3 Å². The Balaban J connectivity index is 1.80. The Morgan fingerprint density at radius 2 is 2.30 bits per heavy atom. The molecule has 0 radical (unpaired) electrons. The van der Waals surface area contributed by atoms with E-state index < -0.39 is 0 Å². The highest BCUT2D eigenvalue weighted by Crippen LogP contribution is 2.40. The topological polar surface area (TPSA) is 32.3 Å². The van der Waals surface area contributed by atoms with Crippen LogP contribution in [0.1, 0.15) is 57.0 Å². The molecule has 3 nitrogen and oxygen atoms in total. The zero-order chi connectivity index (χ0) is 14.1. The Kier molecular flexibility index (Phi) is 4.13. The van der Waals surface area contributed by atoms with Gasteiger partial charge in [-0.2, -0.15) is 0 Å². The van der Waals surface area contributed by atoms with Gasteiger partial charge < -0.3 is 4.90 Å². The van der Waals surface area contributed by atoms with E-state index in [2.05, 4.69) is 41.6 Å². The predicted molar refractivity (Wildman–Crippen MR) is 82.5 cm³/mol. The van der Waals surface area contributed by atoms with Crippen molar-refractivity contribution in [2.75, 3.05) is 0 Å². The molecule has 20 heavy (non-hydrogen) atoms. The molecule has 4 heteroatoms. The summed E-state index contributed by atoms with van der Waals surface area (Å²) in [7, 11) is 0. The van der Waals surface area contributed by atoms with Crippen LogP contribution >= 0.6 is 11.3 Å². The highest BCUT2D eigenvalue weighted by Gasteiger charge is 2.45. The lowest BCUT2D eigenvalue weighted by atomic mass is 10.1. The van der Waals surface area contributed by atoms with Crippen molar-refractivity contribution < 1.29 is 4.79 Å². The van der Waals surface area contributed by atoms with Gasteiger partial charge in [0.05, 0.1) is 6.04 Å². The second kappa shape index (κ2) is 5.86. The number of carbonyl (C=O) groups excluding carboxylic acids is 1. The highest BCUT2D eigenvalue weighted by molar-refractivity contribution is 7.10. The first-order valence-corrected chi connectivity index (χ1v) is 8.72. The van der Waals surface area contributed by atoms with Gasteiger partial charge in [0, 0.05) is 10.9 Å². The third-order valence-corrected chi connectivity index (χ3v) is 5.52. The lowest BCUT2D eigenvalue weighted by Crippen LogP contribution is -2.39. The lowest BCUT2D eigenvalue weighted by molar-refractivity contribution is -0.132. The molecule has 0 aromatic carbocycles. The zero-order valence-corrected chi connectivity index (χ0v) is 13.2. The Hall–Kier alpha value is -0.870. The van der Waals surface area contributed by atoms with Crippen molar-refractivity contribution in [1.82, 2.24) is 10.2 Å². The van der Waals surface area contributed by atoms with E-state index in [1.54, 1.807) is 11.3 Å². The van der Waals surface area contributed by atoms with Gasteiger partial charge >= 0.3 is 0 Å². The number of nitrogens with zero attached hydrogens (tertiary/aromatic N) is 1. The normalized spacial score (nSPS) is 28.1. The number of carbonyl (C=O) groups is 1. The summed E-state index contributed by atoms with van der Waals surface area (Å²) in [5.41, 5.74) is 0. The molecule has 3 unspecified atom stereocenters. The second-order valence-corrected chi connectivity index (χ2v) is 7.08. The maximum Gasteiger partial charge on any atom is 0.241 e. The maximum absolute atomic E-state index is 12.8. The van der Waals surface area contributed by atoms with E-state index in [-0.39, 0.29) is 12.2 Å². The van der Waals surface area contributed by atoms with Gasteiger partial charge in [0.15, 0.2) is 0 Å². The molecule has 1 aromatic rings. The molecule has 1 saturated heterocycles. The van der Waals surface area contributed by atoms with Gasteiger partial charge in [-0.3, -0.25) is 10.1 Å². The number of rotatable bonds is 6. The molecule has 1 aliphatic heterocycles. The van der Waals surface area contributed by atoms with Gasteiger partial charge in [-0.15, -0.1) is 11.3 Å². The summed E-state index contributed by atoms with van der Waals surface area (Å²) in [4.78, 5) is 16.2. The van der Waals surface area contributed by atoms with Crippen molar-refractivity contribution in [1.29, 1.82) is 0 Å². The average Bonchev–Trinajstić information content (AvgIpc) is 3.05. The molecule has 1 saturated carbocycles. The first-order chi connectivity index (χ1) is 9.72. The van der Waals surface area contributed by atoms with Crippen molar-refractivity contribution in [2.45, 2.75) is 64.2 Å². The summed E-state index contributed by atoms with van der Waals surface area (Å²) >= 11 is 1.74. The molecule has 1 N–H and O–H groups in total. The van der Waals surface area contributed by atoms with Crippen LogP contribution in [0.5, 0.6) is 0 Å². The fraction of sp³-hybridized carbons (Fsp3) is 0.688. The third-order valence-electron chi connectivity index (χ3n) is 4.59. The lowest BCUT2D eigenvalue weighted by Gasteiger charge is -2.30. The maximum atomic E-state index is 12.8. The van der Waals surface area contributed by atoms with Crippen molar-refractivity contribution in [2.24, 2.45) is 5.92 Å². The molecular weight excluding hydrogens is 268 g/mol. The van der Waals surface area contributed by atoms with Gasteiger partial charge in [-0.05, 0) is 43.6 Å². The molecule has 1 aliphatic carbocycles. The quantitative estimate of drug-likeness (QED) is 0.870. The van der Waals surface area contributed by atoms with Crippen molar-refractivity contribution in [3.05, 3.63) is 22.4 Å². The minimum atomic E-state index is 0.0169. The third kappa shape index (κ3) is 2.63. The highest BCUT2D eigenvalue weighted by atomic mass is 32.1. The van der Waals surface area contributed by atoms with Gasteiger partial charge in [-0.25, -0.2) is 0 Å². The molecular formula is C16H24N2OS. The summed E-state index contributed by atoms with van der Waals surface area (Å²) in [6.07, 6.45) is 5.88. The van der Waals surface area contributed by atoms with Crippen molar-refractivity contribution in [3.8, 4) is 0 Å². The Bertz CT molecular complexity index is 455. The van der Waals surface area contributed by atoms with Crippen LogP contribution in [-0.2, 0) is 4.79 Å². The molecule has 3 rings (SSSR count). The number of amides is 1. The van der Waals surface area contributed by atoms with Crippen LogP contribution in [0.4, 0.5) is 0 Å². The summed E-state index contributed by atoms with van der Waals surface area (Å²) < 4.78 is 0. The molecule has 2 aliphatic rings. The van der Waals surface area contributed by atoms with E-state index in [1.807, 2.05) is 0 Å². The molecule has 0 bridgehead atoms. The summed E-state index contributed by atoms with van der Waals surface area (Å²) in [5.74, 6) is 1.03. The van der Waals surface area contributed by atoms with E-state index in [1.165, 1.54) is 17.7 Å². The minimum Gasteiger partial charge on any atom is -0.318 e. The Labute approximate surface area is 125 Å². The zero-order valence-electron chi connectivity index (χ0n) is 12.3. The first-order valence-electron chi connectivity index (χ1n) is 7.84. The second-order valence-electron chi connectivity index (χ2n) is 6.10. The molecule has 110 valence electrons. The van der Waals surface area contributed by atoms with Crippen LogP contribution in [0.15, 0.2) is 17.5 Å². The van der Waals surface area contributed by atoms with E-state index >= 15 is 0 Å². The molecule has 3 atom stereocenters. The van der Waals surface area contributed by atoms with Crippen LogP contribution in [-0.4, -0.2) is 22.9 Å². The van der Waals surface area contributed by atoms with Crippen LogP contribution in [0, 0.1) is 5.92 Å². The molecule has 2 fully saturated rings. The van der Waals surface area contributed by atoms with Crippen LogP contribution in [0.3, 0.4) is 0 Å². The van der Waals surface area contributed by atoms with E-state index in [0.29, 0.717) is 17.9 Å². The first kappa shape index (κ1) is 14.1. The minimum absolute atomic E-state index is 0.0169. The summed E-state index contributed by atoms with van der Waals surface area (Å²) in [5, 5.41) is 5.68. The van der Waals surface area contributed by atoms with E-state index in [9.17, 15) is 4.79 Å². The number of hydrogen-bond acceptors (Lipinski definition) is 3. The SMILES string of the molecule is CCCCC1NC(c2cccs2)N(C(C)C2CC2)C1=O. The van der Waals surface area contributed by atoms with Gasteiger partial charge in [0.25, 0.3) is 0 Å². The van der Waals surface area contributed by atoms with Crippen LogP contribution < -0.4 is 5.32 Å². The number of hydrogen-bond donors (Lipinski definition) is 1. The standard InChI is InChI=1S/C16H24N2OS/c1-3-4-6-13-16(19)18(11(2)12-8-9-12)15(17-13)14-7-5-10-20-14/h5,7,10-13,15,17H,3-4,6,8-9H2,1-2H3. The van der Waals surface area contributed by atoms with Gasteiger partial charge in [0.1, 0.15) is 6.17 Å². The fourth-order valence-corrected chi connectivity index (χ4v) is 3.95. The molecule has 2 heterocycles. The predicted octanol–water partition coefficient (Wildman–Crippen LogP) is 3.54. The number of unbranched alkanes of at least 4 members (excludes halogenated alkanes) is 1. The molecule has 0 spiro atoms. The van der Waals surface area contributed by atoms with Crippen molar-refractivity contribution in [3.63, 3.8) is 0 Å². The van der Waals surface area contributed by atoms with Crippen molar-refractivity contribution >= 4 is 17.2 Å². The number of nitrogens with one attached hydrogen (secondary N) is 1. The van der Waals surface area contributed by atoms with E-state index in [4.69, 9.17) is 0 Å². The fourth-order valence-electron chi connectivity index (χ4n) is 3.17. The Morgan fingerprint density at radius 1 is 1.50 bits per heavy atom. The van der Waals surface area contributed by atoms with Crippen LogP contribution in [0.25, 0.3) is 0 Å². The van der Waals surface area contributed by atoms with Crippen LogP contribution in [0.2, 0.25) is 0 Å². The van der Waals surface area contributed by atoms with Gasteiger partial charge in [-0.1, -0.05) is 25.8 Å². The Morgan fingerprint density at radius 3 is 2.90 bits per heavy atom.